The minimum Gasteiger partial charge on any atom is -0.459 e. The Morgan fingerprint density at radius 3 is 2.05 bits per heavy atom. The summed E-state index contributed by atoms with van der Waals surface area (Å²) in [6.45, 7) is 4.21. The Kier molecular flexibility index (Phi) is 10.1. The summed E-state index contributed by atoms with van der Waals surface area (Å²) in [6, 6.07) is 3.59. The summed E-state index contributed by atoms with van der Waals surface area (Å²) in [5, 5.41) is 1.47. The van der Waals surface area contributed by atoms with Crippen LogP contribution in [0.1, 0.15) is 48.9 Å². The molecule has 0 spiro atoms. The zero-order valence-electron chi connectivity index (χ0n) is 19.8. The Morgan fingerprint density at radius 1 is 1.03 bits per heavy atom. The largest absolute Gasteiger partial charge is 0.459 e. The van der Waals surface area contributed by atoms with Crippen LogP contribution >= 0.6 is 47.0 Å². The average Bonchev–Trinajstić information content (AvgIpc) is 2.76. The van der Waals surface area contributed by atoms with Crippen LogP contribution in [0, 0.1) is 0 Å². The zero-order chi connectivity index (χ0) is 29.2. The predicted molar refractivity (Wildman–Crippen MR) is 136 cm³/mol. The van der Waals surface area contributed by atoms with Crippen LogP contribution in [-0.4, -0.2) is 29.3 Å². The van der Waals surface area contributed by atoms with Crippen LogP contribution in [0.25, 0.3) is 5.83 Å². The summed E-state index contributed by atoms with van der Waals surface area (Å²) in [7, 11) is 0. The van der Waals surface area contributed by atoms with Gasteiger partial charge in [0.1, 0.15) is 28.9 Å². The molecule has 0 heterocycles. The number of thiocarbonyl (C=S) groups is 1. The number of hydrogen-bond acceptors (Lipinski definition) is 3. The molecule has 2 aromatic rings. The van der Waals surface area contributed by atoms with Crippen molar-refractivity contribution in [3.63, 3.8) is 0 Å². The van der Waals surface area contributed by atoms with E-state index in [0.717, 1.165) is 24.3 Å². The monoisotopic (exact) mass is 623 g/mol. The molecule has 1 N–H and O–H groups in total. The maximum Gasteiger partial charge on any atom is 0.417 e. The molecule has 2 aromatic carbocycles. The Labute approximate surface area is 233 Å². The highest BCUT2D eigenvalue weighted by Gasteiger charge is 2.41. The van der Waals surface area contributed by atoms with E-state index in [1.54, 1.807) is 20.8 Å². The Morgan fingerprint density at radius 2 is 1.58 bits per heavy atom. The van der Waals surface area contributed by atoms with E-state index in [1.165, 1.54) is 0 Å². The summed E-state index contributed by atoms with van der Waals surface area (Å²) in [5.41, 5.74) is -4.26. The predicted octanol–water partition coefficient (Wildman–Crippen LogP) is 8.93. The van der Waals surface area contributed by atoms with Crippen LogP contribution in [0.15, 0.2) is 36.4 Å². The lowest BCUT2D eigenvalue weighted by atomic mass is 9.95. The number of hydrogen-bond donors (Lipinski definition) is 1. The number of alkyl halides is 6. The first-order chi connectivity index (χ1) is 17.2. The van der Waals surface area contributed by atoms with Crippen molar-refractivity contribution in [3.05, 3.63) is 73.7 Å². The molecule has 1 atom stereocenters. The second-order valence-corrected chi connectivity index (χ2v) is 10.5. The zero-order valence-corrected chi connectivity index (χ0v) is 22.8. The molecule has 38 heavy (non-hydrogen) atoms. The smallest absolute Gasteiger partial charge is 0.417 e. The minimum absolute atomic E-state index is 0.101. The van der Waals surface area contributed by atoms with Gasteiger partial charge in [0.05, 0.1) is 20.6 Å². The summed E-state index contributed by atoms with van der Waals surface area (Å²) in [4.78, 5) is 11.3. The van der Waals surface area contributed by atoms with Crippen molar-refractivity contribution < 1.29 is 40.3 Å². The molecule has 0 aromatic heterocycles. The molecule has 208 valence electrons. The Bertz CT molecular complexity index is 1230. The molecule has 0 fully saturated rings. The van der Waals surface area contributed by atoms with E-state index in [1.807, 2.05) is 0 Å². The van der Waals surface area contributed by atoms with E-state index >= 15 is 0 Å². The number of esters is 1. The Balaban J connectivity index is 2.46. The fourth-order valence-electron chi connectivity index (χ4n) is 3.13. The summed E-state index contributed by atoms with van der Waals surface area (Å²) in [6.07, 6.45) is -10.0. The van der Waals surface area contributed by atoms with Gasteiger partial charge in [-0.3, -0.25) is 4.79 Å². The second-order valence-electron chi connectivity index (χ2n) is 8.86. The van der Waals surface area contributed by atoms with Gasteiger partial charge >= 0.3 is 18.3 Å². The van der Waals surface area contributed by atoms with E-state index in [0.29, 0.717) is 6.07 Å². The molecule has 0 saturated heterocycles. The first-order valence-corrected chi connectivity index (χ1v) is 12.0. The van der Waals surface area contributed by atoms with Gasteiger partial charge in [-0.05, 0) is 50.6 Å². The fourth-order valence-corrected chi connectivity index (χ4v) is 3.99. The maximum absolute atomic E-state index is 15.0. The molecule has 0 bridgehead atoms. The second kappa shape index (κ2) is 12.0. The van der Waals surface area contributed by atoms with Gasteiger partial charge < -0.3 is 10.1 Å². The number of carbonyl (C=O) groups excluding carboxylic acids is 1. The number of allylic oxidation sites excluding steroid dienone is 1. The van der Waals surface area contributed by atoms with Gasteiger partial charge in [-0.15, -0.1) is 0 Å². The lowest BCUT2D eigenvalue weighted by Crippen LogP contribution is -2.35. The topological polar surface area (TPSA) is 38.3 Å². The van der Waals surface area contributed by atoms with Gasteiger partial charge in [-0.1, -0.05) is 59.2 Å². The molecular weight excluding hydrogens is 606 g/mol. The SMILES string of the molecule is CC(C)(C)OC(=O)CNC(=S)c1ccc(/C(F)=C/C(c2cc(Cl)c(Cl)c(Cl)c2)C(F)(F)F)cc1C(F)(F)F. The third-order valence-electron chi connectivity index (χ3n) is 4.69. The number of benzene rings is 2. The maximum atomic E-state index is 15.0. The van der Waals surface area contributed by atoms with Gasteiger partial charge in [0, 0.05) is 11.1 Å². The number of halogens is 10. The summed E-state index contributed by atoms with van der Waals surface area (Å²) < 4.78 is 103. The molecular formula is C24H19Cl3F7NO2S. The summed E-state index contributed by atoms with van der Waals surface area (Å²) >= 11 is 22.3. The standard InChI is InChI=1S/C24H19Cl3F7NO2S/c1-22(2,3)37-19(36)10-35-21(38)13-5-4-11(6-15(13)24(32,33)34)18(28)9-14(23(29,30)31)12-7-16(25)20(27)17(26)8-12/h4-9,14H,10H2,1-3H3,(H,35,38)/b18-9-. The van der Waals surface area contributed by atoms with Gasteiger partial charge in [-0.25, -0.2) is 4.39 Å². The highest BCUT2D eigenvalue weighted by molar-refractivity contribution is 7.80. The van der Waals surface area contributed by atoms with Gasteiger partial charge in [-0.2, -0.15) is 26.3 Å². The molecule has 3 nitrogen and oxygen atoms in total. The normalized spacial score (nSPS) is 13.8. The average molecular weight is 625 g/mol. The fraction of sp³-hybridized carbons (Fsp3) is 0.333. The molecule has 0 aliphatic heterocycles. The highest BCUT2D eigenvalue weighted by atomic mass is 35.5. The van der Waals surface area contributed by atoms with Crippen molar-refractivity contribution in [2.24, 2.45) is 0 Å². The van der Waals surface area contributed by atoms with Gasteiger partial charge in [0.25, 0.3) is 0 Å². The van der Waals surface area contributed by atoms with Crippen molar-refractivity contribution >= 4 is 63.8 Å². The molecule has 0 amide bonds. The van der Waals surface area contributed by atoms with Crippen LogP contribution in [0.3, 0.4) is 0 Å². The van der Waals surface area contributed by atoms with Crippen molar-refractivity contribution in [3.8, 4) is 0 Å². The third-order valence-corrected chi connectivity index (χ3v) is 6.25. The van der Waals surface area contributed by atoms with Crippen molar-refractivity contribution in [2.45, 2.75) is 44.6 Å². The summed E-state index contributed by atoms with van der Waals surface area (Å²) in [5.74, 6) is -5.00. The number of nitrogens with one attached hydrogen (secondary N) is 1. The van der Waals surface area contributed by atoms with Crippen LogP contribution in [0.5, 0.6) is 0 Å². The van der Waals surface area contributed by atoms with E-state index in [4.69, 9.17) is 51.8 Å². The van der Waals surface area contributed by atoms with Crippen LogP contribution in [-0.2, 0) is 15.7 Å². The molecule has 1 unspecified atom stereocenters. The molecule has 0 radical (unpaired) electrons. The lowest BCUT2D eigenvalue weighted by Gasteiger charge is -2.21. The van der Waals surface area contributed by atoms with Gasteiger partial charge in [0.2, 0.25) is 0 Å². The van der Waals surface area contributed by atoms with E-state index in [9.17, 15) is 35.5 Å². The quantitative estimate of drug-likeness (QED) is 0.151. The first-order valence-electron chi connectivity index (χ1n) is 10.5. The van der Waals surface area contributed by atoms with E-state index in [-0.39, 0.29) is 21.1 Å². The highest BCUT2D eigenvalue weighted by Crippen LogP contribution is 2.42. The molecule has 14 heteroatoms. The molecule has 0 aliphatic carbocycles. The minimum atomic E-state index is -5.07. The Hall–Kier alpha value is -2.08. The van der Waals surface area contributed by atoms with Crippen molar-refractivity contribution in [2.75, 3.05) is 6.54 Å². The van der Waals surface area contributed by atoms with Crippen LogP contribution < -0.4 is 5.32 Å². The van der Waals surface area contributed by atoms with Crippen molar-refractivity contribution in [1.29, 1.82) is 0 Å². The van der Waals surface area contributed by atoms with Gasteiger partial charge in [0.15, 0.2) is 0 Å². The van der Waals surface area contributed by atoms with Crippen LogP contribution in [0.4, 0.5) is 30.7 Å². The molecule has 0 saturated carbocycles. The lowest BCUT2D eigenvalue weighted by molar-refractivity contribution is -0.153. The third kappa shape index (κ3) is 8.72. The molecule has 2 rings (SSSR count). The van der Waals surface area contributed by atoms with Crippen LogP contribution in [0.2, 0.25) is 15.1 Å². The number of rotatable bonds is 6. The number of ether oxygens (including phenoxy) is 1. The first kappa shape index (κ1) is 32.1. The number of carbonyl (C=O) groups is 1. The van der Waals surface area contributed by atoms with Crippen molar-refractivity contribution in [1.82, 2.24) is 5.32 Å². The van der Waals surface area contributed by atoms with E-state index in [2.05, 4.69) is 5.32 Å². The van der Waals surface area contributed by atoms with E-state index < -0.39 is 69.5 Å². The molecule has 0 aliphatic rings.